The van der Waals surface area contributed by atoms with Crippen LogP contribution < -0.4 is 4.74 Å². The van der Waals surface area contributed by atoms with Crippen molar-refractivity contribution in [3.63, 3.8) is 0 Å². The zero-order chi connectivity index (χ0) is 22.2. The predicted molar refractivity (Wildman–Crippen MR) is 120 cm³/mol. The molecule has 2 aliphatic heterocycles. The van der Waals surface area contributed by atoms with Crippen LogP contribution >= 0.6 is 0 Å². The van der Waals surface area contributed by atoms with E-state index in [-0.39, 0.29) is 0 Å². The van der Waals surface area contributed by atoms with Gasteiger partial charge in [-0.1, -0.05) is 31.5 Å². The number of aryl methyl sites for hydroxylation is 1. The van der Waals surface area contributed by atoms with Crippen LogP contribution in [0.2, 0.25) is 0 Å². The first-order chi connectivity index (χ1) is 14.6. The Balaban J connectivity index is 1.49. The van der Waals surface area contributed by atoms with Crippen molar-refractivity contribution in [2.45, 2.75) is 58.2 Å². The zero-order valence-corrected chi connectivity index (χ0v) is 19.7. The van der Waals surface area contributed by atoms with E-state index in [0.717, 1.165) is 60.7 Å². The van der Waals surface area contributed by atoms with Crippen LogP contribution in [0.3, 0.4) is 0 Å². The van der Waals surface area contributed by atoms with Crippen molar-refractivity contribution >= 4 is 10.0 Å². The van der Waals surface area contributed by atoms with Crippen LogP contribution in [-0.2, 0) is 23.1 Å². The fourth-order valence-corrected chi connectivity index (χ4v) is 5.22. The SMILES string of the molecule is Cc1ccc2c(c1)CN(S(C)(=O)=O)CC1(CCN(Cc3cnc(C(C)C)nc3)CC1)O2. The smallest absolute Gasteiger partial charge is 0.211 e. The van der Waals surface area contributed by atoms with E-state index in [4.69, 9.17) is 4.74 Å². The van der Waals surface area contributed by atoms with Crippen LogP contribution in [0.25, 0.3) is 0 Å². The largest absolute Gasteiger partial charge is 0.485 e. The molecule has 0 bridgehead atoms. The van der Waals surface area contributed by atoms with Crippen LogP contribution in [0, 0.1) is 6.92 Å². The number of ether oxygens (including phenoxy) is 1. The number of rotatable bonds is 4. The van der Waals surface area contributed by atoms with E-state index in [2.05, 4.69) is 28.7 Å². The normalized spacial score (nSPS) is 19.8. The molecule has 1 fully saturated rings. The Morgan fingerprint density at radius 1 is 1.16 bits per heavy atom. The summed E-state index contributed by atoms with van der Waals surface area (Å²) in [5.41, 5.74) is 2.64. The number of piperidine rings is 1. The molecule has 1 spiro atoms. The molecule has 8 heteroatoms. The number of hydrogen-bond donors (Lipinski definition) is 0. The van der Waals surface area contributed by atoms with E-state index in [1.165, 1.54) is 6.26 Å². The van der Waals surface area contributed by atoms with Gasteiger partial charge in [-0.15, -0.1) is 0 Å². The number of aromatic nitrogens is 2. The van der Waals surface area contributed by atoms with E-state index in [1.807, 2.05) is 37.5 Å². The number of sulfonamides is 1. The highest BCUT2D eigenvalue weighted by Crippen LogP contribution is 2.37. The van der Waals surface area contributed by atoms with E-state index in [9.17, 15) is 8.42 Å². The molecular formula is C23H32N4O3S. The van der Waals surface area contributed by atoms with Crippen LogP contribution in [0.5, 0.6) is 5.75 Å². The average molecular weight is 445 g/mol. The van der Waals surface area contributed by atoms with Gasteiger partial charge in [0.25, 0.3) is 0 Å². The van der Waals surface area contributed by atoms with Crippen LogP contribution in [0.15, 0.2) is 30.6 Å². The molecule has 4 rings (SSSR count). The lowest BCUT2D eigenvalue weighted by Gasteiger charge is -2.42. The third-order valence-electron chi connectivity index (χ3n) is 6.24. The van der Waals surface area contributed by atoms with Gasteiger partial charge in [-0.2, -0.15) is 4.31 Å². The van der Waals surface area contributed by atoms with Gasteiger partial charge in [-0.25, -0.2) is 18.4 Å². The molecule has 3 heterocycles. The van der Waals surface area contributed by atoms with Crippen molar-refractivity contribution in [1.82, 2.24) is 19.2 Å². The summed E-state index contributed by atoms with van der Waals surface area (Å²) in [6.07, 6.45) is 6.67. The summed E-state index contributed by atoms with van der Waals surface area (Å²) in [4.78, 5) is 11.3. The minimum atomic E-state index is -3.33. The average Bonchev–Trinajstić information content (AvgIpc) is 2.87. The summed E-state index contributed by atoms with van der Waals surface area (Å²) >= 11 is 0. The van der Waals surface area contributed by atoms with Crippen LogP contribution in [0.1, 0.15) is 55.1 Å². The monoisotopic (exact) mass is 444 g/mol. The van der Waals surface area contributed by atoms with Crippen molar-refractivity contribution in [1.29, 1.82) is 0 Å². The molecule has 0 atom stereocenters. The third kappa shape index (κ3) is 5.07. The van der Waals surface area contributed by atoms with Crippen molar-refractivity contribution in [3.8, 4) is 5.75 Å². The second-order valence-electron chi connectivity index (χ2n) is 9.31. The maximum atomic E-state index is 12.5. The standard InChI is InChI=1S/C23H32N4O3S/c1-17(2)22-24-12-19(13-25-22)14-26-9-7-23(8-10-26)16-27(31(4,28)29)15-20-11-18(3)5-6-21(20)30-23/h5-6,11-13,17H,7-10,14-16H2,1-4H3. The lowest BCUT2D eigenvalue weighted by Crippen LogP contribution is -2.53. The molecule has 0 unspecified atom stereocenters. The highest BCUT2D eigenvalue weighted by molar-refractivity contribution is 7.88. The van der Waals surface area contributed by atoms with Gasteiger partial charge in [0.2, 0.25) is 10.0 Å². The third-order valence-corrected chi connectivity index (χ3v) is 7.43. The Bertz CT molecular complexity index is 1030. The Morgan fingerprint density at radius 3 is 2.45 bits per heavy atom. The Morgan fingerprint density at radius 2 is 1.84 bits per heavy atom. The van der Waals surface area contributed by atoms with E-state index < -0.39 is 15.6 Å². The number of fused-ring (bicyclic) bond motifs is 1. The van der Waals surface area contributed by atoms with Gasteiger partial charge in [-0.3, -0.25) is 4.90 Å². The fraction of sp³-hybridized carbons (Fsp3) is 0.565. The number of nitrogens with zero attached hydrogens (tertiary/aromatic N) is 4. The maximum absolute atomic E-state index is 12.5. The highest BCUT2D eigenvalue weighted by atomic mass is 32.2. The maximum Gasteiger partial charge on any atom is 0.211 e. The molecule has 7 nitrogen and oxygen atoms in total. The molecule has 0 amide bonds. The van der Waals surface area contributed by atoms with Crippen LogP contribution in [-0.4, -0.2) is 59.1 Å². The molecule has 168 valence electrons. The molecule has 0 radical (unpaired) electrons. The zero-order valence-electron chi connectivity index (χ0n) is 18.8. The Kier molecular flexibility index (Phi) is 6.07. The number of benzene rings is 1. The van der Waals surface area contributed by atoms with Gasteiger partial charge in [0.15, 0.2) is 0 Å². The molecule has 0 saturated carbocycles. The highest BCUT2D eigenvalue weighted by Gasteiger charge is 2.42. The van der Waals surface area contributed by atoms with E-state index in [1.54, 1.807) is 4.31 Å². The fourth-order valence-electron chi connectivity index (χ4n) is 4.38. The molecule has 1 saturated heterocycles. The Hall–Kier alpha value is -2.03. The van der Waals surface area contributed by atoms with Gasteiger partial charge in [0, 0.05) is 68.5 Å². The summed E-state index contributed by atoms with van der Waals surface area (Å²) in [6, 6.07) is 6.04. The van der Waals surface area contributed by atoms with Gasteiger partial charge in [0.1, 0.15) is 17.2 Å². The molecular weight excluding hydrogens is 412 g/mol. The minimum Gasteiger partial charge on any atom is -0.485 e. The van der Waals surface area contributed by atoms with Crippen molar-refractivity contribution < 1.29 is 13.2 Å². The van der Waals surface area contributed by atoms with E-state index in [0.29, 0.717) is 19.0 Å². The molecule has 31 heavy (non-hydrogen) atoms. The van der Waals surface area contributed by atoms with Gasteiger partial charge >= 0.3 is 0 Å². The summed E-state index contributed by atoms with van der Waals surface area (Å²) in [6.45, 7) is 9.41. The lowest BCUT2D eigenvalue weighted by atomic mass is 9.90. The topological polar surface area (TPSA) is 75.6 Å². The molecule has 1 aromatic heterocycles. The summed E-state index contributed by atoms with van der Waals surface area (Å²) in [5, 5.41) is 0. The van der Waals surface area contributed by atoms with Gasteiger partial charge < -0.3 is 4.74 Å². The molecule has 0 aliphatic carbocycles. The minimum absolute atomic E-state index is 0.320. The second-order valence-corrected chi connectivity index (χ2v) is 11.3. The lowest BCUT2D eigenvalue weighted by molar-refractivity contribution is -0.00749. The van der Waals surface area contributed by atoms with Crippen molar-refractivity contribution in [3.05, 3.63) is 53.1 Å². The molecule has 0 N–H and O–H groups in total. The van der Waals surface area contributed by atoms with Crippen LogP contribution in [0.4, 0.5) is 0 Å². The Labute approximate surface area is 185 Å². The number of hydrogen-bond acceptors (Lipinski definition) is 6. The van der Waals surface area contributed by atoms with Crippen molar-refractivity contribution in [2.75, 3.05) is 25.9 Å². The quantitative estimate of drug-likeness (QED) is 0.721. The summed E-state index contributed by atoms with van der Waals surface area (Å²) < 4.78 is 33.1. The predicted octanol–water partition coefficient (Wildman–Crippen LogP) is 3.10. The summed E-state index contributed by atoms with van der Waals surface area (Å²) in [5.74, 6) is 1.99. The van der Waals surface area contributed by atoms with Gasteiger partial charge in [0.05, 0.1) is 12.8 Å². The second kappa shape index (κ2) is 8.48. The summed E-state index contributed by atoms with van der Waals surface area (Å²) in [7, 11) is -3.33. The first-order valence-corrected chi connectivity index (χ1v) is 12.8. The first-order valence-electron chi connectivity index (χ1n) is 10.9. The number of likely N-dealkylation sites (tertiary alicyclic amines) is 1. The van der Waals surface area contributed by atoms with Gasteiger partial charge in [-0.05, 0) is 13.0 Å². The molecule has 2 aliphatic rings. The van der Waals surface area contributed by atoms with Crippen molar-refractivity contribution in [2.24, 2.45) is 0 Å². The van der Waals surface area contributed by atoms with E-state index >= 15 is 0 Å². The molecule has 2 aromatic rings. The first kappa shape index (κ1) is 22.2. The molecule has 1 aromatic carbocycles.